The van der Waals surface area contributed by atoms with E-state index < -0.39 is 6.10 Å². The minimum absolute atomic E-state index is 0.317. The molecule has 132 valence electrons. The van der Waals surface area contributed by atoms with Crippen molar-refractivity contribution in [3.8, 4) is 0 Å². The Labute approximate surface area is 147 Å². The van der Waals surface area contributed by atoms with Gasteiger partial charge >= 0.3 is 0 Å². The van der Waals surface area contributed by atoms with Gasteiger partial charge < -0.3 is 10.0 Å². The number of rotatable bonds is 4. The third-order valence-corrected chi connectivity index (χ3v) is 4.76. The second kappa shape index (κ2) is 7.76. The Bertz CT molecular complexity index is 725. The second-order valence-corrected chi connectivity index (χ2v) is 6.48. The van der Waals surface area contributed by atoms with Crippen LogP contribution in [-0.4, -0.2) is 47.0 Å². The molecular formula is C20H23FN2O2. The smallest absolute Gasteiger partial charge is 0.256 e. The van der Waals surface area contributed by atoms with Crippen LogP contribution in [0.1, 0.15) is 22.8 Å². The molecule has 0 unspecified atom stereocenters. The number of aliphatic hydroxyl groups excluding tert-OH is 1. The lowest BCUT2D eigenvalue weighted by molar-refractivity contribution is -0.142. The summed E-state index contributed by atoms with van der Waals surface area (Å²) in [5.41, 5.74) is 3.00. The number of hydrogen-bond donors (Lipinski definition) is 1. The maximum atomic E-state index is 13.0. The average molecular weight is 342 g/mol. The fourth-order valence-corrected chi connectivity index (χ4v) is 3.12. The molecule has 0 aromatic heterocycles. The molecule has 1 amide bonds. The zero-order valence-corrected chi connectivity index (χ0v) is 14.4. The molecule has 1 saturated heterocycles. The van der Waals surface area contributed by atoms with Crippen molar-refractivity contribution >= 4 is 5.91 Å². The van der Waals surface area contributed by atoms with Gasteiger partial charge in [0.25, 0.3) is 5.91 Å². The lowest BCUT2D eigenvalue weighted by Gasteiger charge is -2.36. The number of benzene rings is 2. The molecule has 1 N–H and O–H groups in total. The zero-order valence-electron chi connectivity index (χ0n) is 14.4. The molecule has 4 nitrogen and oxygen atoms in total. The van der Waals surface area contributed by atoms with Gasteiger partial charge in [-0.25, -0.2) is 4.39 Å². The molecule has 1 aliphatic heterocycles. The maximum absolute atomic E-state index is 13.0. The first-order valence-electron chi connectivity index (χ1n) is 8.54. The Morgan fingerprint density at radius 2 is 1.72 bits per heavy atom. The van der Waals surface area contributed by atoms with Crippen molar-refractivity contribution in [3.05, 3.63) is 71.0 Å². The van der Waals surface area contributed by atoms with Gasteiger partial charge in [0.2, 0.25) is 0 Å². The van der Waals surface area contributed by atoms with Gasteiger partial charge in [0.1, 0.15) is 5.82 Å². The summed E-state index contributed by atoms with van der Waals surface area (Å²) < 4.78 is 13.0. The number of aryl methyl sites for hydroxylation is 1. The monoisotopic (exact) mass is 342 g/mol. The van der Waals surface area contributed by atoms with Crippen LogP contribution < -0.4 is 0 Å². The molecule has 5 heteroatoms. The van der Waals surface area contributed by atoms with E-state index in [2.05, 4.69) is 24.0 Å². The molecule has 1 aliphatic rings. The van der Waals surface area contributed by atoms with Gasteiger partial charge in [0, 0.05) is 32.7 Å². The zero-order chi connectivity index (χ0) is 17.8. The summed E-state index contributed by atoms with van der Waals surface area (Å²) in [6.45, 7) is 5.70. The fourth-order valence-electron chi connectivity index (χ4n) is 3.12. The highest BCUT2D eigenvalue weighted by atomic mass is 19.1. The molecule has 25 heavy (non-hydrogen) atoms. The Morgan fingerprint density at radius 3 is 2.36 bits per heavy atom. The molecule has 0 bridgehead atoms. The van der Waals surface area contributed by atoms with Crippen LogP contribution in [0.5, 0.6) is 0 Å². The summed E-state index contributed by atoms with van der Waals surface area (Å²) in [5.74, 6) is -0.699. The van der Waals surface area contributed by atoms with E-state index in [0.29, 0.717) is 18.7 Å². The van der Waals surface area contributed by atoms with Crippen molar-refractivity contribution in [1.82, 2.24) is 9.80 Å². The van der Waals surface area contributed by atoms with E-state index in [1.807, 2.05) is 12.1 Å². The van der Waals surface area contributed by atoms with Gasteiger partial charge in [-0.15, -0.1) is 0 Å². The molecule has 2 aromatic rings. The maximum Gasteiger partial charge on any atom is 0.256 e. The van der Waals surface area contributed by atoms with E-state index in [1.165, 1.54) is 35.4 Å². The van der Waals surface area contributed by atoms with E-state index in [9.17, 15) is 14.3 Å². The van der Waals surface area contributed by atoms with E-state index in [-0.39, 0.29) is 11.7 Å². The summed E-state index contributed by atoms with van der Waals surface area (Å²) in [6, 6.07) is 13.7. The minimum Gasteiger partial charge on any atom is -0.378 e. The highest BCUT2D eigenvalue weighted by molar-refractivity contribution is 5.82. The Morgan fingerprint density at radius 1 is 1.08 bits per heavy atom. The Balaban J connectivity index is 1.55. The van der Waals surface area contributed by atoms with Crippen molar-refractivity contribution in [3.63, 3.8) is 0 Å². The van der Waals surface area contributed by atoms with E-state index in [1.54, 1.807) is 4.90 Å². The summed E-state index contributed by atoms with van der Waals surface area (Å²) >= 11 is 0. The number of hydrogen-bond acceptors (Lipinski definition) is 3. The number of aliphatic hydroxyl groups is 1. The lowest BCUT2D eigenvalue weighted by Crippen LogP contribution is -2.49. The summed E-state index contributed by atoms with van der Waals surface area (Å²) in [4.78, 5) is 16.5. The number of nitrogens with zero attached hydrogens (tertiary/aromatic N) is 2. The fraction of sp³-hybridized carbons (Fsp3) is 0.350. The van der Waals surface area contributed by atoms with Gasteiger partial charge in [-0.2, -0.15) is 0 Å². The van der Waals surface area contributed by atoms with E-state index in [0.717, 1.165) is 19.6 Å². The highest BCUT2D eigenvalue weighted by Gasteiger charge is 2.27. The topological polar surface area (TPSA) is 43.8 Å². The lowest BCUT2D eigenvalue weighted by atomic mass is 10.1. The van der Waals surface area contributed by atoms with E-state index >= 15 is 0 Å². The molecule has 1 heterocycles. The quantitative estimate of drug-likeness (QED) is 0.928. The van der Waals surface area contributed by atoms with Crippen molar-refractivity contribution in [2.24, 2.45) is 0 Å². The van der Waals surface area contributed by atoms with Crippen LogP contribution in [0.4, 0.5) is 4.39 Å². The molecule has 3 rings (SSSR count). The Kier molecular flexibility index (Phi) is 5.46. The summed E-state index contributed by atoms with van der Waals surface area (Å²) in [7, 11) is 0. The van der Waals surface area contributed by atoms with Crippen LogP contribution in [0, 0.1) is 12.7 Å². The van der Waals surface area contributed by atoms with Crippen molar-refractivity contribution < 1.29 is 14.3 Å². The average Bonchev–Trinajstić information content (AvgIpc) is 2.64. The molecule has 1 fully saturated rings. The molecule has 0 spiro atoms. The van der Waals surface area contributed by atoms with Gasteiger partial charge in [-0.3, -0.25) is 9.69 Å². The molecule has 2 aromatic carbocycles. The third kappa shape index (κ3) is 4.24. The first-order chi connectivity index (χ1) is 12.0. The standard InChI is InChI=1S/C20H23FN2O2/c1-15-4-2-3-5-17(15)14-22-10-12-23(13-11-22)20(25)19(24)16-6-8-18(21)9-7-16/h2-9,19,24H,10-14H2,1H3/t19-/m0/s1. The van der Waals surface area contributed by atoms with Gasteiger partial charge in [-0.1, -0.05) is 36.4 Å². The Hall–Kier alpha value is -2.24. The molecule has 1 atom stereocenters. The number of halogens is 1. The van der Waals surface area contributed by atoms with Crippen LogP contribution >= 0.6 is 0 Å². The van der Waals surface area contributed by atoms with Crippen molar-refractivity contribution in [2.75, 3.05) is 26.2 Å². The van der Waals surface area contributed by atoms with Crippen molar-refractivity contribution in [2.45, 2.75) is 19.6 Å². The number of amides is 1. The predicted molar refractivity (Wildman–Crippen MR) is 94.4 cm³/mol. The molecule has 0 aliphatic carbocycles. The molecular weight excluding hydrogens is 319 g/mol. The van der Waals surface area contributed by atoms with Gasteiger partial charge in [-0.05, 0) is 35.7 Å². The van der Waals surface area contributed by atoms with E-state index in [4.69, 9.17) is 0 Å². The van der Waals surface area contributed by atoms with Crippen LogP contribution in [-0.2, 0) is 11.3 Å². The van der Waals surface area contributed by atoms with Gasteiger partial charge in [0.05, 0.1) is 0 Å². The number of carbonyl (C=O) groups excluding carboxylic acids is 1. The first kappa shape index (κ1) is 17.6. The predicted octanol–water partition coefficient (Wildman–Crippen LogP) is 2.51. The summed E-state index contributed by atoms with van der Waals surface area (Å²) in [6.07, 6.45) is -1.23. The molecule has 0 radical (unpaired) electrons. The first-order valence-corrected chi connectivity index (χ1v) is 8.54. The second-order valence-electron chi connectivity index (χ2n) is 6.48. The molecule has 0 saturated carbocycles. The normalized spacial score (nSPS) is 16.7. The largest absolute Gasteiger partial charge is 0.378 e. The van der Waals surface area contributed by atoms with Crippen LogP contribution in [0.2, 0.25) is 0 Å². The number of carbonyl (C=O) groups is 1. The third-order valence-electron chi connectivity index (χ3n) is 4.76. The SMILES string of the molecule is Cc1ccccc1CN1CCN(C(=O)[C@@H](O)c2ccc(F)cc2)CC1. The van der Waals surface area contributed by atoms with Gasteiger partial charge in [0.15, 0.2) is 6.10 Å². The van der Waals surface area contributed by atoms with Crippen LogP contribution in [0.15, 0.2) is 48.5 Å². The van der Waals surface area contributed by atoms with Crippen LogP contribution in [0.3, 0.4) is 0 Å². The number of piperazine rings is 1. The minimum atomic E-state index is -1.23. The van der Waals surface area contributed by atoms with Crippen LogP contribution in [0.25, 0.3) is 0 Å². The van der Waals surface area contributed by atoms with Crippen molar-refractivity contribution in [1.29, 1.82) is 0 Å². The summed E-state index contributed by atoms with van der Waals surface area (Å²) in [5, 5.41) is 10.2. The highest BCUT2D eigenvalue weighted by Crippen LogP contribution is 2.18.